The van der Waals surface area contributed by atoms with E-state index in [-0.39, 0.29) is 5.82 Å². The molecule has 0 spiro atoms. The Balaban J connectivity index is 1.79. The van der Waals surface area contributed by atoms with Gasteiger partial charge in [0.15, 0.2) is 0 Å². The number of halogens is 2. The normalized spacial score (nSPS) is 11.0. The molecule has 2 heterocycles. The number of ether oxygens (including phenoxy) is 1. The first-order valence-electron chi connectivity index (χ1n) is 8.21. The van der Waals surface area contributed by atoms with Crippen LogP contribution in [0.4, 0.5) is 4.39 Å². The lowest BCUT2D eigenvalue weighted by Crippen LogP contribution is -2.13. The van der Waals surface area contributed by atoms with Crippen LogP contribution in [-0.2, 0) is 0 Å². The first-order valence-corrected chi connectivity index (χ1v) is 9.40. The molecule has 2 aromatic carbocycles. The summed E-state index contributed by atoms with van der Waals surface area (Å²) in [5.74, 6) is 0.302. The SMILES string of the molecule is COc1ccc(-c2c(=O)ncn3nc(Sc4ccc(F)cc4)ccc23)c(Cl)c1. The maximum absolute atomic E-state index is 13.1. The number of rotatable bonds is 4. The lowest BCUT2D eigenvalue weighted by Gasteiger charge is -2.10. The smallest absolute Gasteiger partial charge is 0.281 e. The number of hydrogen-bond donors (Lipinski definition) is 0. The zero-order chi connectivity index (χ0) is 19.7. The highest BCUT2D eigenvalue weighted by Gasteiger charge is 2.15. The molecule has 0 atom stereocenters. The van der Waals surface area contributed by atoms with Gasteiger partial charge in [0.05, 0.1) is 23.2 Å². The molecule has 0 aliphatic rings. The molecule has 0 amide bonds. The quantitative estimate of drug-likeness (QED) is 0.485. The van der Waals surface area contributed by atoms with Crippen LogP contribution in [0.3, 0.4) is 0 Å². The molecule has 8 heteroatoms. The van der Waals surface area contributed by atoms with E-state index in [1.165, 1.54) is 34.7 Å². The Morgan fingerprint density at radius 2 is 1.89 bits per heavy atom. The van der Waals surface area contributed by atoms with Crippen LogP contribution < -0.4 is 10.3 Å². The minimum atomic E-state index is -0.396. The zero-order valence-corrected chi connectivity index (χ0v) is 16.2. The Bertz CT molecular complexity index is 1230. The molecule has 0 unspecified atom stereocenters. The van der Waals surface area contributed by atoms with Crippen LogP contribution in [0.15, 0.2) is 75.6 Å². The molecule has 140 valence electrons. The van der Waals surface area contributed by atoms with E-state index < -0.39 is 5.56 Å². The van der Waals surface area contributed by atoms with Crippen molar-refractivity contribution < 1.29 is 9.13 Å². The third-order valence-electron chi connectivity index (χ3n) is 4.07. The minimum Gasteiger partial charge on any atom is -0.497 e. The van der Waals surface area contributed by atoms with E-state index in [2.05, 4.69) is 10.1 Å². The molecule has 0 bridgehead atoms. The van der Waals surface area contributed by atoms with E-state index in [0.29, 0.717) is 32.4 Å². The first kappa shape index (κ1) is 18.5. The maximum Gasteiger partial charge on any atom is 0.281 e. The molecule has 2 aromatic heterocycles. The van der Waals surface area contributed by atoms with Gasteiger partial charge in [0.2, 0.25) is 0 Å². The topological polar surface area (TPSA) is 56.5 Å². The van der Waals surface area contributed by atoms with Crippen LogP contribution in [0.1, 0.15) is 0 Å². The number of methoxy groups -OCH3 is 1. The lowest BCUT2D eigenvalue weighted by molar-refractivity contribution is 0.415. The summed E-state index contributed by atoms with van der Waals surface area (Å²) in [6, 6.07) is 14.8. The zero-order valence-electron chi connectivity index (χ0n) is 14.6. The molecular formula is C20H13ClFN3O2S. The molecule has 0 saturated carbocycles. The number of benzene rings is 2. The highest BCUT2D eigenvalue weighted by Crippen LogP contribution is 2.32. The van der Waals surface area contributed by atoms with Crippen molar-refractivity contribution in [3.8, 4) is 16.9 Å². The lowest BCUT2D eigenvalue weighted by atomic mass is 10.1. The third kappa shape index (κ3) is 3.58. The summed E-state index contributed by atoms with van der Waals surface area (Å²) < 4.78 is 19.8. The molecule has 5 nitrogen and oxygen atoms in total. The van der Waals surface area contributed by atoms with Gasteiger partial charge in [0.25, 0.3) is 5.56 Å². The minimum absolute atomic E-state index is 0.293. The second-order valence-electron chi connectivity index (χ2n) is 5.83. The molecule has 4 aromatic rings. The van der Waals surface area contributed by atoms with Gasteiger partial charge in [-0.3, -0.25) is 4.79 Å². The van der Waals surface area contributed by atoms with Crippen molar-refractivity contribution in [1.82, 2.24) is 14.6 Å². The molecule has 0 radical (unpaired) electrons. The fraction of sp³-hybridized carbons (Fsp3) is 0.0500. The van der Waals surface area contributed by atoms with Gasteiger partial charge in [-0.15, -0.1) is 0 Å². The fourth-order valence-corrected chi connectivity index (χ4v) is 3.79. The molecule has 4 rings (SSSR count). The standard InChI is InChI=1S/C20H13ClFN3O2S/c1-27-13-4-7-15(16(21)10-13)19-17-8-9-18(24-25(17)11-23-20(19)26)28-14-5-2-12(22)3-6-14/h2-11H,1H3. The van der Waals surface area contributed by atoms with Gasteiger partial charge in [-0.05, 0) is 54.6 Å². The van der Waals surface area contributed by atoms with E-state index in [1.54, 1.807) is 49.6 Å². The molecule has 28 heavy (non-hydrogen) atoms. The first-order chi connectivity index (χ1) is 13.5. The Morgan fingerprint density at radius 3 is 2.61 bits per heavy atom. The average molecular weight is 414 g/mol. The van der Waals surface area contributed by atoms with E-state index in [0.717, 1.165) is 4.90 Å². The second kappa shape index (κ2) is 7.61. The Hall–Kier alpha value is -2.90. The second-order valence-corrected chi connectivity index (χ2v) is 7.33. The highest BCUT2D eigenvalue weighted by molar-refractivity contribution is 7.99. The summed E-state index contributed by atoms with van der Waals surface area (Å²) in [5.41, 5.74) is 1.10. The molecule has 0 saturated heterocycles. The van der Waals surface area contributed by atoms with Crippen molar-refractivity contribution in [3.63, 3.8) is 0 Å². The predicted octanol–water partition coefficient (Wildman–Crippen LogP) is 4.71. The molecule has 0 fully saturated rings. The van der Waals surface area contributed by atoms with Gasteiger partial charge < -0.3 is 4.74 Å². The van der Waals surface area contributed by atoms with Gasteiger partial charge in [-0.25, -0.2) is 8.91 Å². The largest absolute Gasteiger partial charge is 0.497 e. The third-order valence-corrected chi connectivity index (χ3v) is 5.32. The van der Waals surface area contributed by atoms with Crippen LogP contribution in [0.2, 0.25) is 5.02 Å². The molecule has 0 aliphatic carbocycles. The van der Waals surface area contributed by atoms with Crippen LogP contribution >= 0.6 is 23.4 Å². The summed E-state index contributed by atoms with van der Waals surface area (Å²) in [4.78, 5) is 17.2. The summed E-state index contributed by atoms with van der Waals surface area (Å²) in [7, 11) is 1.55. The van der Waals surface area contributed by atoms with Crippen molar-refractivity contribution in [1.29, 1.82) is 0 Å². The van der Waals surface area contributed by atoms with Gasteiger partial charge >= 0.3 is 0 Å². The summed E-state index contributed by atoms with van der Waals surface area (Å²) in [5, 5.41) is 5.56. The van der Waals surface area contributed by atoms with Crippen molar-refractivity contribution in [2.24, 2.45) is 0 Å². The monoisotopic (exact) mass is 413 g/mol. The predicted molar refractivity (Wildman–Crippen MR) is 107 cm³/mol. The van der Waals surface area contributed by atoms with Crippen LogP contribution in [-0.4, -0.2) is 21.7 Å². The summed E-state index contributed by atoms with van der Waals surface area (Å²) >= 11 is 7.73. The van der Waals surface area contributed by atoms with Crippen LogP contribution in [0, 0.1) is 5.82 Å². The van der Waals surface area contributed by atoms with E-state index in [1.807, 2.05) is 0 Å². The van der Waals surface area contributed by atoms with Crippen molar-refractivity contribution in [2.75, 3.05) is 7.11 Å². The fourth-order valence-electron chi connectivity index (χ4n) is 2.74. The number of hydrogen-bond acceptors (Lipinski definition) is 5. The number of aromatic nitrogens is 3. The summed E-state index contributed by atoms with van der Waals surface area (Å²) in [6.07, 6.45) is 1.37. The van der Waals surface area contributed by atoms with Crippen molar-refractivity contribution in [2.45, 2.75) is 9.92 Å². The highest BCUT2D eigenvalue weighted by atomic mass is 35.5. The summed E-state index contributed by atoms with van der Waals surface area (Å²) in [6.45, 7) is 0. The Kier molecular flexibility index (Phi) is 5.02. The van der Waals surface area contributed by atoms with Crippen molar-refractivity contribution in [3.05, 3.63) is 82.1 Å². The van der Waals surface area contributed by atoms with E-state index >= 15 is 0 Å². The number of fused-ring (bicyclic) bond motifs is 1. The van der Waals surface area contributed by atoms with Crippen molar-refractivity contribution >= 4 is 28.9 Å². The van der Waals surface area contributed by atoms with Crippen LogP contribution in [0.25, 0.3) is 16.6 Å². The Morgan fingerprint density at radius 1 is 1.11 bits per heavy atom. The molecule has 0 N–H and O–H groups in total. The molecular weight excluding hydrogens is 401 g/mol. The van der Waals surface area contributed by atoms with Gasteiger partial charge in [-0.2, -0.15) is 10.1 Å². The van der Waals surface area contributed by atoms with Gasteiger partial charge in [0, 0.05) is 10.5 Å². The number of nitrogens with zero attached hydrogens (tertiary/aromatic N) is 3. The van der Waals surface area contributed by atoms with Gasteiger partial charge in [0.1, 0.15) is 22.9 Å². The van der Waals surface area contributed by atoms with Gasteiger partial charge in [-0.1, -0.05) is 23.4 Å². The van der Waals surface area contributed by atoms with E-state index in [9.17, 15) is 9.18 Å². The average Bonchev–Trinajstić information content (AvgIpc) is 2.70. The maximum atomic E-state index is 13.1. The molecule has 0 aliphatic heterocycles. The van der Waals surface area contributed by atoms with Crippen LogP contribution in [0.5, 0.6) is 5.75 Å². The Labute approximate surface area is 168 Å². The van der Waals surface area contributed by atoms with E-state index in [4.69, 9.17) is 16.3 Å².